The van der Waals surface area contributed by atoms with Gasteiger partial charge in [0.25, 0.3) is 0 Å². The fraction of sp³-hybridized carbons (Fsp3) is 0.188. The summed E-state index contributed by atoms with van der Waals surface area (Å²) in [5.74, 6) is 0.267. The van der Waals surface area contributed by atoms with Crippen LogP contribution >= 0.6 is 27.5 Å². The van der Waals surface area contributed by atoms with Gasteiger partial charge in [0, 0.05) is 29.0 Å². The van der Waals surface area contributed by atoms with E-state index in [4.69, 9.17) is 16.3 Å². The van der Waals surface area contributed by atoms with Crippen molar-refractivity contribution in [3.05, 3.63) is 62.3 Å². The van der Waals surface area contributed by atoms with Crippen LogP contribution in [0.5, 0.6) is 5.75 Å². The lowest BCUT2D eigenvalue weighted by Gasteiger charge is -2.09. The van der Waals surface area contributed by atoms with Crippen molar-refractivity contribution in [2.45, 2.75) is 12.8 Å². The van der Waals surface area contributed by atoms with Gasteiger partial charge in [-0.2, -0.15) is 0 Å². The van der Waals surface area contributed by atoms with Crippen molar-refractivity contribution in [3.63, 3.8) is 0 Å². The summed E-state index contributed by atoms with van der Waals surface area (Å²) in [4.78, 5) is 12.3. The van der Waals surface area contributed by atoms with Gasteiger partial charge >= 0.3 is 0 Å². The lowest BCUT2D eigenvalue weighted by atomic mass is 10.00. The van der Waals surface area contributed by atoms with Gasteiger partial charge in [-0.15, -0.1) is 0 Å². The zero-order chi connectivity index (χ0) is 15.0. The van der Waals surface area contributed by atoms with Crippen molar-refractivity contribution in [2.24, 2.45) is 0 Å². The molecule has 5 heteroatoms. The molecule has 2 nitrogen and oxygen atoms in total. The van der Waals surface area contributed by atoms with Crippen molar-refractivity contribution in [1.29, 1.82) is 0 Å². The molecule has 2 aromatic rings. The van der Waals surface area contributed by atoms with Crippen LogP contribution in [0.3, 0.4) is 0 Å². The van der Waals surface area contributed by atoms with E-state index in [0.29, 0.717) is 17.2 Å². The van der Waals surface area contributed by atoms with E-state index in [-0.39, 0.29) is 16.7 Å². The van der Waals surface area contributed by atoms with Gasteiger partial charge in [0.05, 0.1) is 11.1 Å². The highest BCUT2D eigenvalue weighted by Gasteiger charge is 2.20. The Morgan fingerprint density at radius 3 is 2.90 bits per heavy atom. The number of hydrogen-bond acceptors (Lipinski definition) is 2. The molecule has 3 rings (SSSR count). The molecule has 0 fully saturated rings. The molecule has 1 heterocycles. The monoisotopic (exact) mass is 368 g/mol. The molecule has 0 amide bonds. The number of halogens is 3. The van der Waals surface area contributed by atoms with Crippen LogP contribution in [0, 0.1) is 5.82 Å². The van der Waals surface area contributed by atoms with Gasteiger partial charge in [0.1, 0.15) is 11.6 Å². The van der Waals surface area contributed by atoms with E-state index in [1.807, 2.05) is 6.07 Å². The third-order valence-corrected chi connectivity index (χ3v) is 4.24. The van der Waals surface area contributed by atoms with Gasteiger partial charge in [0.2, 0.25) is 0 Å². The third kappa shape index (κ3) is 2.97. The summed E-state index contributed by atoms with van der Waals surface area (Å²) in [5, 5.41) is 0.599. The van der Waals surface area contributed by atoms with Gasteiger partial charge in [-0.1, -0.05) is 11.6 Å². The van der Waals surface area contributed by atoms with Gasteiger partial charge in [-0.3, -0.25) is 4.79 Å². The van der Waals surface area contributed by atoms with E-state index < -0.39 is 5.82 Å². The lowest BCUT2D eigenvalue weighted by molar-refractivity contribution is 0.0992. The highest BCUT2D eigenvalue weighted by molar-refractivity contribution is 9.10. The molecule has 0 saturated carbocycles. The summed E-state index contributed by atoms with van der Waals surface area (Å²) >= 11 is 9.17. The molecule has 2 aromatic carbocycles. The van der Waals surface area contributed by atoms with Crippen LogP contribution in [0.1, 0.15) is 21.5 Å². The molecule has 0 radical (unpaired) electrons. The second-order valence-electron chi connectivity index (χ2n) is 4.88. The minimum absolute atomic E-state index is 0.101. The van der Waals surface area contributed by atoms with Gasteiger partial charge in [-0.05, 0) is 51.8 Å². The number of carbonyl (C=O) groups excluding carboxylic acids is 1. The maximum Gasteiger partial charge on any atom is 0.167 e. The lowest BCUT2D eigenvalue weighted by Crippen LogP contribution is -2.05. The van der Waals surface area contributed by atoms with Crippen LogP contribution in [0.25, 0.3) is 0 Å². The summed E-state index contributed by atoms with van der Waals surface area (Å²) in [6, 6.07) is 7.86. The Labute approximate surface area is 135 Å². The van der Waals surface area contributed by atoms with Crippen LogP contribution in [-0.2, 0) is 12.8 Å². The number of rotatable bonds is 3. The SMILES string of the molecule is O=C(Cc1cc(Cl)cc2c1OCC2)c1ccc(F)c(Br)c1. The minimum atomic E-state index is -0.390. The number of ketones is 1. The molecule has 21 heavy (non-hydrogen) atoms. The Morgan fingerprint density at radius 1 is 1.33 bits per heavy atom. The topological polar surface area (TPSA) is 26.3 Å². The van der Waals surface area contributed by atoms with Crippen LogP contribution in [0.4, 0.5) is 4.39 Å². The van der Waals surface area contributed by atoms with Gasteiger partial charge in [0.15, 0.2) is 5.78 Å². The van der Waals surface area contributed by atoms with Crippen LogP contribution < -0.4 is 4.74 Å². The Morgan fingerprint density at radius 2 is 2.14 bits per heavy atom. The summed E-state index contributed by atoms with van der Waals surface area (Å²) in [5.41, 5.74) is 2.26. The smallest absolute Gasteiger partial charge is 0.167 e. The maximum atomic E-state index is 13.2. The largest absolute Gasteiger partial charge is 0.493 e. The molecule has 0 atom stereocenters. The van der Waals surface area contributed by atoms with Crippen molar-refractivity contribution in [1.82, 2.24) is 0 Å². The number of fused-ring (bicyclic) bond motifs is 1. The fourth-order valence-corrected chi connectivity index (χ4v) is 3.06. The number of benzene rings is 2. The van der Waals surface area contributed by atoms with Gasteiger partial charge < -0.3 is 4.74 Å². The number of ether oxygens (including phenoxy) is 1. The summed E-state index contributed by atoms with van der Waals surface area (Å²) in [6.45, 7) is 0.610. The van der Waals surface area contributed by atoms with Crippen LogP contribution in [0.15, 0.2) is 34.8 Å². The van der Waals surface area contributed by atoms with Crippen molar-refractivity contribution < 1.29 is 13.9 Å². The summed E-state index contributed by atoms with van der Waals surface area (Å²) < 4.78 is 19.1. The molecule has 1 aliphatic heterocycles. The molecule has 1 aliphatic rings. The average molecular weight is 370 g/mol. The zero-order valence-electron chi connectivity index (χ0n) is 11.0. The molecule has 0 aliphatic carbocycles. The third-order valence-electron chi connectivity index (χ3n) is 3.42. The first kappa shape index (κ1) is 14.5. The minimum Gasteiger partial charge on any atom is -0.493 e. The van der Waals surface area contributed by atoms with Crippen molar-refractivity contribution in [2.75, 3.05) is 6.61 Å². The molecule has 0 unspecified atom stereocenters. The molecule has 0 aromatic heterocycles. The summed E-state index contributed by atoms with van der Waals surface area (Å²) in [6.07, 6.45) is 0.986. The second-order valence-corrected chi connectivity index (χ2v) is 6.17. The fourth-order valence-electron chi connectivity index (χ4n) is 2.42. The molecular weight excluding hydrogens is 359 g/mol. The second kappa shape index (κ2) is 5.78. The van der Waals surface area contributed by atoms with E-state index in [0.717, 1.165) is 23.3 Å². The number of hydrogen-bond donors (Lipinski definition) is 0. The predicted octanol–water partition coefficient (Wildman–Crippen LogP) is 4.60. The highest BCUT2D eigenvalue weighted by atomic mass is 79.9. The summed E-state index contributed by atoms with van der Waals surface area (Å²) in [7, 11) is 0. The predicted molar refractivity (Wildman–Crippen MR) is 82.8 cm³/mol. The van der Waals surface area contributed by atoms with Crippen molar-refractivity contribution in [3.8, 4) is 5.75 Å². The highest BCUT2D eigenvalue weighted by Crippen LogP contribution is 2.33. The van der Waals surface area contributed by atoms with E-state index in [1.165, 1.54) is 18.2 Å². The first-order valence-corrected chi connectivity index (χ1v) is 7.64. The normalized spacial score (nSPS) is 12.9. The van der Waals surface area contributed by atoms with Crippen LogP contribution in [0.2, 0.25) is 5.02 Å². The van der Waals surface area contributed by atoms with Crippen molar-refractivity contribution >= 4 is 33.3 Å². The Balaban J connectivity index is 1.90. The Kier molecular flexibility index (Phi) is 4.00. The molecule has 108 valence electrons. The quantitative estimate of drug-likeness (QED) is 0.739. The number of carbonyl (C=O) groups is 1. The first-order valence-electron chi connectivity index (χ1n) is 6.47. The van der Waals surface area contributed by atoms with Crippen LogP contribution in [-0.4, -0.2) is 12.4 Å². The Bertz CT molecular complexity index is 730. The maximum absolute atomic E-state index is 13.2. The van der Waals surface area contributed by atoms with E-state index in [1.54, 1.807) is 6.07 Å². The van der Waals surface area contributed by atoms with Gasteiger partial charge in [-0.25, -0.2) is 4.39 Å². The molecule has 0 saturated heterocycles. The zero-order valence-corrected chi connectivity index (χ0v) is 13.3. The van der Waals surface area contributed by atoms with E-state index in [2.05, 4.69) is 15.9 Å². The molecule has 0 N–H and O–H groups in total. The Hall–Kier alpha value is -1.39. The molecule has 0 bridgehead atoms. The average Bonchev–Trinajstić information content (AvgIpc) is 2.90. The first-order chi connectivity index (χ1) is 10.0. The number of Topliss-reactive ketones (excluding diaryl/α,β-unsaturated/α-hetero) is 1. The molecule has 0 spiro atoms. The van der Waals surface area contributed by atoms with E-state index in [9.17, 15) is 9.18 Å². The standard InChI is InChI=1S/C16H11BrClFO2/c17-13-7-9(1-2-14(13)19)15(20)8-11-6-12(18)5-10-3-4-21-16(10)11/h1-2,5-7H,3-4,8H2. The molecular formula is C16H11BrClFO2. The van der Waals surface area contributed by atoms with E-state index >= 15 is 0 Å².